The fourth-order valence-corrected chi connectivity index (χ4v) is 3.59. The van der Waals surface area contributed by atoms with E-state index < -0.39 is 0 Å². The van der Waals surface area contributed by atoms with Gasteiger partial charge in [-0.2, -0.15) is 0 Å². The first-order valence-corrected chi connectivity index (χ1v) is 8.90. The van der Waals surface area contributed by atoms with Crippen LogP contribution in [-0.4, -0.2) is 12.1 Å². The minimum absolute atomic E-state index is 0.129. The van der Waals surface area contributed by atoms with E-state index in [0.29, 0.717) is 16.3 Å². The number of allylic oxidation sites excluding steroid dienone is 1. The van der Waals surface area contributed by atoms with Crippen molar-refractivity contribution in [1.29, 1.82) is 0 Å². The van der Waals surface area contributed by atoms with Crippen LogP contribution < -0.4 is 10.3 Å². The predicted molar refractivity (Wildman–Crippen MR) is 110 cm³/mol. The number of ether oxygens (including phenoxy) is 1. The highest BCUT2D eigenvalue weighted by Gasteiger charge is 2.19. The van der Waals surface area contributed by atoms with Crippen molar-refractivity contribution in [2.45, 2.75) is 27.7 Å². The van der Waals surface area contributed by atoms with Gasteiger partial charge < -0.3 is 9.72 Å². The molecular formula is C22H22ClNO2. The number of benzene rings is 2. The first-order chi connectivity index (χ1) is 12.4. The van der Waals surface area contributed by atoms with Crippen LogP contribution >= 0.6 is 11.6 Å². The summed E-state index contributed by atoms with van der Waals surface area (Å²) in [7, 11) is 1.62. The fourth-order valence-electron chi connectivity index (χ4n) is 3.42. The van der Waals surface area contributed by atoms with Gasteiger partial charge in [-0.1, -0.05) is 23.8 Å². The molecule has 0 radical (unpaired) electrons. The van der Waals surface area contributed by atoms with E-state index in [-0.39, 0.29) is 5.56 Å². The van der Waals surface area contributed by atoms with Crippen molar-refractivity contribution in [2.24, 2.45) is 0 Å². The maximum absolute atomic E-state index is 12.8. The Bertz CT molecular complexity index is 1090. The van der Waals surface area contributed by atoms with Gasteiger partial charge in [0.05, 0.1) is 7.11 Å². The summed E-state index contributed by atoms with van der Waals surface area (Å²) in [4.78, 5) is 15.9. The zero-order chi connectivity index (χ0) is 19.0. The summed E-state index contributed by atoms with van der Waals surface area (Å²) < 4.78 is 5.58. The lowest BCUT2D eigenvalue weighted by atomic mass is 9.90. The van der Waals surface area contributed by atoms with E-state index in [1.54, 1.807) is 13.2 Å². The second-order valence-corrected chi connectivity index (χ2v) is 6.89. The maximum Gasteiger partial charge on any atom is 0.256 e. The van der Waals surface area contributed by atoms with Crippen LogP contribution in [0.3, 0.4) is 0 Å². The van der Waals surface area contributed by atoms with E-state index >= 15 is 0 Å². The normalized spacial score (nSPS) is 11.5. The van der Waals surface area contributed by atoms with Crippen molar-refractivity contribution in [2.75, 3.05) is 7.11 Å². The second-order valence-electron chi connectivity index (χ2n) is 6.45. The minimum atomic E-state index is -0.129. The lowest BCUT2D eigenvalue weighted by Gasteiger charge is -2.18. The number of hydrogen-bond donors (Lipinski definition) is 1. The quantitative estimate of drug-likeness (QED) is 0.634. The average molecular weight is 368 g/mol. The van der Waals surface area contributed by atoms with Crippen LogP contribution in [0.4, 0.5) is 0 Å². The van der Waals surface area contributed by atoms with Crippen LogP contribution in [0.25, 0.3) is 28.1 Å². The molecule has 0 fully saturated rings. The van der Waals surface area contributed by atoms with Crippen LogP contribution in [0.2, 0.25) is 5.02 Å². The van der Waals surface area contributed by atoms with E-state index in [2.05, 4.69) is 25.8 Å². The highest BCUT2D eigenvalue weighted by atomic mass is 35.5. The molecule has 0 aliphatic rings. The van der Waals surface area contributed by atoms with Gasteiger partial charge in [-0.3, -0.25) is 4.79 Å². The molecule has 0 aliphatic heterocycles. The zero-order valence-electron chi connectivity index (χ0n) is 15.7. The predicted octanol–water partition coefficient (Wildman–Crippen LogP) is 5.82. The van der Waals surface area contributed by atoms with Crippen molar-refractivity contribution >= 4 is 28.6 Å². The summed E-state index contributed by atoms with van der Waals surface area (Å²) in [6, 6.07) is 7.51. The molecule has 3 aromatic rings. The molecule has 134 valence electrons. The SMILES string of the molecule is C/C=C/c1c(-c2cc(Cl)ccc2OC)c2c(C)c(C)c(C)cc2[nH]c1=O. The lowest BCUT2D eigenvalue weighted by molar-refractivity contribution is 0.416. The Kier molecular flexibility index (Phi) is 4.92. The smallest absolute Gasteiger partial charge is 0.256 e. The summed E-state index contributed by atoms with van der Waals surface area (Å²) in [5, 5.41) is 1.61. The highest BCUT2D eigenvalue weighted by molar-refractivity contribution is 6.31. The third-order valence-corrected chi connectivity index (χ3v) is 5.17. The standard InChI is InChI=1S/C22H22ClNO2/c1-6-7-16-21(17-11-15(23)8-9-19(17)26-5)20-14(4)13(3)12(2)10-18(20)24-22(16)25/h6-11H,1-5H3,(H,24,25)/b7-6+. The first kappa shape index (κ1) is 18.3. The molecule has 0 unspecified atom stereocenters. The number of pyridine rings is 1. The number of aromatic amines is 1. The monoisotopic (exact) mass is 367 g/mol. The van der Waals surface area contributed by atoms with E-state index in [9.17, 15) is 4.79 Å². The number of halogens is 1. The molecule has 3 nitrogen and oxygen atoms in total. The maximum atomic E-state index is 12.8. The minimum Gasteiger partial charge on any atom is -0.496 e. The summed E-state index contributed by atoms with van der Waals surface area (Å²) in [5.74, 6) is 0.685. The lowest BCUT2D eigenvalue weighted by Crippen LogP contribution is -2.13. The highest BCUT2D eigenvalue weighted by Crippen LogP contribution is 2.40. The van der Waals surface area contributed by atoms with Crippen molar-refractivity contribution in [1.82, 2.24) is 4.98 Å². The number of methoxy groups -OCH3 is 1. The Balaban J connectivity index is 2.62. The molecular weight excluding hydrogens is 346 g/mol. The number of hydrogen-bond acceptors (Lipinski definition) is 2. The van der Waals surface area contributed by atoms with E-state index in [1.165, 1.54) is 5.56 Å². The molecule has 2 aromatic carbocycles. The van der Waals surface area contributed by atoms with Crippen LogP contribution in [-0.2, 0) is 0 Å². The number of fused-ring (bicyclic) bond motifs is 1. The molecule has 0 saturated carbocycles. The Labute approximate surface area is 158 Å². The number of aromatic nitrogens is 1. The molecule has 26 heavy (non-hydrogen) atoms. The molecule has 0 aliphatic carbocycles. The molecule has 0 atom stereocenters. The topological polar surface area (TPSA) is 42.1 Å². The van der Waals surface area contributed by atoms with Gasteiger partial charge in [0.1, 0.15) is 5.75 Å². The molecule has 1 N–H and O–H groups in total. The van der Waals surface area contributed by atoms with Gasteiger partial charge in [0, 0.05) is 32.6 Å². The molecule has 1 aromatic heterocycles. The average Bonchev–Trinajstić information content (AvgIpc) is 2.61. The van der Waals surface area contributed by atoms with Crippen LogP contribution in [0.5, 0.6) is 5.75 Å². The largest absolute Gasteiger partial charge is 0.496 e. The molecule has 0 bridgehead atoms. The van der Waals surface area contributed by atoms with E-state index in [0.717, 1.165) is 33.2 Å². The molecule has 4 heteroatoms. The van der Waals surface area contributed by atoms with Gasteiger partial charge in [0.15, 0.2) is 0 Å². The molecule has 0 saturated heterocycles. The van der Waals surface area contributed by atoms with Gasteiger partial charge in [-0.15, -0.1) is 0 Å². The molecule has 1 heterocycles. The Morgan fingerprint density at radius 3 is 2.50 bits per heavy atom. The fraction of sp³-hybridized carbons (Fsp3) is 0.227. The third kappa shape index (κ3) is 2.93. The zero-order valence-corrected chi connectivity index (χ0v) is 16.4. The third-order valence-electron chi connectivity index (χ3n) is 4.94. The van der Waals surface area contributed by atoms with Crippen LogP contribution in [0, 0.1) is 20.8 Å². The number of rotatable bonds is 3. The van der Waals surface area contributed by atoms with E-state index in [1.807, 2.05) is 37.3 Å². The summed E-state index contributed by atoms with van der Waals surface area (Å²) >= 11 is 6.28. The van der Waals surface area contributed by atoms with Crippen molar-refractivity contribution in [3.63, 3.8) is 0 Å². The van der Waals surface area contributed by atoms with Crippen molar-refractivity contribution in [3.05, 3.63) is 68.0 Å². The Morgan fingerprint density at radius 1 is 1.12 bits per heavy atom. The Hall–Kier alpha value is -2.52. The number of aryl methyl sites for hydroxylation is 2. The van der Waals surface area contributed by atoms with Crippen LogP contribution in [0.1, 0.15) is 29.2 Å². The van der Waals surface area contributed by atoms with Gasteiger partial charge in [-0.05, 0) is 68.7 Å². The summed E-state index contributed by atoms with van der Waals surface area (Å²) in [5.41, 5.74) is 6.45. The Morgan fingerprint density at radius 2 is 1.85 bits per heavy atom. The summed E-state index contributed by atoms with van der Waals surface area (Å²) in [6.07, 6.45) is 3.70. The van der Waals surface area contributed by atoms with Crippen molar-refractivity contribution in [3.8, 4) is 16.9 Å². The van der Waals surface area contributed by atoms with Crippen LogP contribution in [0.15, 0.2) is 35.1 Å². The van der Waals surface area contributed by atoms with Gasteiger partial charge in [0.25, 0.3) is 5.56 Å². The van der Waals surface area contributed by atoms with E-state index in [4.69, 9.17) is 16.3 Å². The second kappa shape index (κ2) is 7.00. The first-order valence-electron chi connectivity index (χ1n) is 8.52. The van der Waals surface area contributed by atoms with Gasteiger partial charge in [-0.25, -0.2) is 0 Å². The number of H-pyrrole nitrogens is 1. The summed E-state index contributed by atoms with van der Waals surface area (Å²) in [6.45, 7) is 8.14. The van der Waals surface area contributed by atoms with Crippen molar-refractivity contribution < 1.29 is 4.74 Å². The molecule has 0 spiro atoms. The van der Waals surface area contributed by atoms with Gasteiger partial charge >= 0.3 is 0 Å². The number of nitrogens with one attached hydrogen (secondary N) is 1. The molecule has 3 rings (SSSR count). The van der Waals surface area contributed by atoms with Gasteiger partial charge in [0.2, 0.25) is 0 Å². The molecule has 0 amide bonds.